The number of rotatable bonds is 5. The molecule has 2 heterocycles. The zero-order valence-corrected chi connectivity index (χ0v) is 26.6. The summed E-state index contributed by atoms with van der Waals surface area (Å²) in [6.45, 7) is 0. The van der Waals surface area contributed by atoms with E-state index in [9.17, 15) is 10.8 Å². The van der Waals surface area contributed by atoms with E-state index in [-0.39, 0.29) is 11.7 Å². The van der Waals surface area contributed by atoms with Gasteiger partial charge in [-0.2, -0.15) is 0 Å². The van der Waals surface area contributed by atoms with Gasteiger partial charge in [0.25, 0.3) is 0 Å². The molecule has 0 bridgehead atoms. The second-order valence-corrected chi connectivity index (χ2v) is 12.2. The van der Waals surface area contributed by atoms with E-state index in [1.165, 1.54) is 32.4 Å². The van der Waals surface area contributed by atoms with Crippen LogP contribution in [0.15, 0.2) is 176 Å². The third-order valence-corrected chi connectivity index (χ3v) is 9.41. The predicted octanol–water partition coefficient (Wildman–Crippen LogP) is 10.7. The van der Waals surface area contributed by atoms with Gasteiger partial charge in [-0.3, -0.25) is 15.7 Å². The zero-order chi connectivity index (χ0) is 32.9. The number of para-hydroxylation sites is 2. The molecule has 0 aliphatic heterocycles. The number of aromatic nitrogens is 2. The fraction of sp³-hybridized carbons (Fsp3) is 0. The van der Waals surface area contributed by atoms with Gasteiger partial charge in [-0.15, -0.1) is 0 Å². The maximum atomic E-state index is 9.20. The molecule has 0 fully saturated rings. The number of fused-ring (bicyclic) bond motifs is 7. The van der Waals surface area contributed by atoms with Crippen LogP contribution in [0.3, 0.4) is 0 Å². The molecule has 0 aliphatic rings. The van der Waals surface area contributed by atoms with Gasteiger partial charge in [0, 0.05) is 55.9 Å². The fourth-order valence-corrected chi connectivity index (χ4v) is 7.15. The van der Waals surface area contributed by atoms with Crippen molar-refractivity contribution in [2.45, 2.75) is 0 Å². The summed E-state index contributed by atoms with van der Waals surface area (Å²) in [5.41, 5.74) is 7.83. The van der Waals surface area contributed by atoms with E-state index in [1.54, 1.807) is 4.90 Å². The lowest BCUT2D eigenvalue weighted by Crippen LogP contribution is -2.37. The Kier molecular flexibility index (Phi) is 6.69. The average Bonchev–Trinajstić information content (AvgIpc) is 3.76. The Labute approximate surface area is 283 Å². The van der Waals surface area contributed by atoms with Crippen LogP contribution >= 0.6 is 0 Å². The van der Waals surface area contributed by atoms with Crippen LogP contribution in [0.25, 0.3) is 54.9 Å². The minimum Gasteiger partial charge on any atom is -0.316 e. The molecule has 0 atom stereocenters. The van der Waals surface area contributed by atoms with E-state index in [2.05, 4.69) is 112 Å². The number of hydrogen-bond donors (Lipinski definition) is 2. The molecule has 0 saturated heterocycles. The molecule has 0 amide bonds. The van der Waals surface area contributed by atoms with Crippen molar-refractivity contribution in [1.82, 2.24) is 9.13 Å². The summed E-state index contributed by atoms with van der Waals surface area (Å²) < 4.78 is 4.63. The third kappa shape index (κ3) is 4.63. The van der Waals surface area contributed by atoms with Gasteiger partial charge in [0.15, 0.2) is 0 Å². The van der Waals surface area contributed by atoms with Crippen LogP contribution in [-0.2, 0) is 0 Å². The Hall–Kier alpha value is -6.72. The second kappa shape index (κ2) is 11.5. The highest BCUT2D eigenvalue weighted by Gasteiger charge is 2.22. The van der Waals surface area contributed by atoms with Crippen LogP contribution < -0.4 is 4.90 Å². The van der Waals surface area contributed by atoms with Crippen molar-refractivity contribution in [3.63, 3.8) is 0 Å². The number of anilines is 1. The van der Waals surface area contributed by atoms with Crippen molar-refractivity contribution in [3.05, 3.63) is 187 Å². The van der Waals surface area contributed by atoms with Crippen molar-refractivity contribution in [2.75, 3.05) is 4.90 Å². The Morgan fingerprint density at radius 1 is 0.449 bits per heavy atom. The summed E-state index contributed by atoms with van der Waals surface area (Å²) in [5.74, 6) is 0.493. The molecule has 7 aromatic carbocycles. The molecule has 49 heavy (non-hydrogen) atoms. The van der Waals surface area contributed by atoms with Crippen LogP contribution in [0, 0.1) is 10.8 Å². The lowest BCUT2D eigenvalue weighted by molar-refractivity contribution is 1.13. The summed E-state index contributed by atoms with van der Waals surface area (Å²) in [6.07, 6.45) is 2.17. The summed E-state index contributed by atoms with van der Waals surface area (Å²) in [5, 5.41) is 24.4. The predicted molar refractivity (Wildman–Crippen MR) is 204 cm³/mol. The van der Waals surface area contributed by atoms with Gasteiger partial charge in [-0.1, -0.05) is 115 Å². The van der Waals surface area contributed by atoms with Gasteiger partial charge in [-0.05, 0) is 60.0 Å². The molecular weight excluding hydrogens is 599 g/mol. The van der Waals surface area contributed by atoms with E-state index in [0.29, 0.717) is 0 Å². The van der Waals surface area contributed by atoms with Crippen molar-refractivity contribution in [1.29, 1.82) is 10.8 Å². The van der Waals surface area contributed by atoms with Crippen LogP contribution in [-0.4, -0.2) is 20.8 Å². The number of amidine groups is 2. The highest BCUT2D eigenvalue weighted by atomic mass is 15.2. The summed E-state index contributed by atoms with van der Waals surface area (Å²) in [7, 11) is 0. The summed E-state index contributed by atoms with van der Waals surface area (Å²) in [6, 6.07) is 57.7. The quantitative estimate of drug-likeness (QED) is 0.144. The second-order valence-electron chi connectivity index (χ2n) is 12.2. The van der Waals surface area contributed by atoms with Gasteiger partial charge >= 0.3 is 0 Å². The minimum atomic E-state index is 0.246. The van der Waals surface area contributed by atoms with Crippen molar-refractivity contribution >= 4 is 60.8 Å². The van der Waals surface area contributed by atoms with Gasteiger partial charge in [0.1, 0.15) is 11.7 Å². The molecule has 9 rings (SSSR count). The van der Waals surface area contributed by atoms with Crippen molar-refractivity contribution < 1.29 is 0 Å². The minimum absolute atomic E-state index is 0.246. The van der Waals surface area contributed by atoms with Crippen LogP contribution in [0.1, 0.15) is 11.1 Å². The molecule has 2 aromatic heterocycles. The number of benzene rings is 7. The van der Waals surface area contributed by atoms with Crippen molar-refractivity contribution in [2.24, 2.45) is 0 Å². The first kappa shape index (κ1) is 28.5. The molecule has 0 unspecified atom stereocenters. The van der Waals surface area contributed by atoms with E-state index in [0.717, 1.165) is 39.2 Å². The summed E-state index contributed by atoms with van der Waals surface area (Å²) >= 11 is 0. The molecular formula is C44H31N5. The number of nitrogens with zero attached hydrogens (tertiary/aromatic N) is 3. The largest absolute Gasteiger partial charge is 0.316 e. The molecule has 0 aliphatic carbocycles. The molecule has 5 nitrogen and oxygen atoms in total. The standard InChI is InChI=1S/C44H31N5/c45-43(32-12-4-1-5-13-32)49(44(46)33-14-6-2-7-15-33)36-25-23-35(24-26-36)48-38-19-11-10-18-37(38)41-39(48)27-22-30-20-21-31-28-29-47(42(31)40(30)41)34-16-8-3-9-17-34/h1-29,45-46H. The lowest BCUT2D eigenvalue weighted by Gasteiger charge is -2.26. The van der Waals surface area contributed by atoms with Gasteiger partial charge in [-0.25, -0.2) is 0 Å². The third-order valence-electron chi connectivity index (χ3n) is 9.41. The van der Waals surface area contributed by atoms with E-state index < -0.39 is 0 Å². The molecule has 0 radical (unpaired) electrons. The molecule has 232 valence electrons. The molecule has 9 aromatic rings. The number of nitrogens with one attached hydrogen (secondary N) is 2. The van der Waals surface area contributed by atoms with E-state index in [4.69, 9.17) is 0 Å². The molecule has 0 saturated carbocycles. The Balaban J connectivity index is 1.24. The zero-order valence-electron chi connectivity index (χ0n) is 26.6. The fourth-order valence-electron chi connectivity index (χ4n) is 7.15. The Bertz CT molecular complexity index is 2620. The smallest absolute Gasteiger partial charge is 0.138 e. The highest BCUT2D eigenvalue weighted by Crippen LogP contribution is 2.41. The molecule has 0 spiro atoms. The van der Waals surface area contributed by atoms with E-state index >= 15 is 0 Å². The number of hydrogen-bond acceptors (Lipinski definition) is 2. The van der Waals surface area contributed by atoms with Gasteiger partial charge in [0.05, 0.1) is 16.6 Å². The summed E-state index contributed by atoms with van der Waals surface area (Å²) in [4.78, 5) is 1.71. The van der Waals surface area contributed by atoms with E-state index in [1.807, 2.05) is 72.8 Å². The van der Waals surface area contributed by atoms with Gasteiger partial charge in [0.2, 0.25) is 0 Å². The first-order valence-electron chi connectivity index (χ1n) is 16.4. The normalized spacial score (nSPS) is 11.4. The first-order valence-corrected chi connectivity index (χ1v) is 16.4. The SMILES string of the molecule is N=C(c1ccccc1)N(C(=N)c1ccccc1)c1ccc(-n2c3ccccc3c3c4c(ccc5ccn(-c6ccccc6)c54)ccc32)cc1. The van der Waals surface area contributed by atoms with Crippen LogP contribution in [0.5, 0.6) is 0 Å². The molecule has 2 N–H and O–H groups in total. The maximum absolute atomic E-state index is 9.20. The van der Waals surface area contributed by atoms with Gasteiger partial charge < -0.3 is 9.13 Å². The Morgan fingerprint density at radius 3 is 1.69 bits per heavy atom. The van der Waals surface area contributed by atoms with Crippen LogP contribution in [0.4, 0.5) is 5.69 Å². The Morgan fingerprint density at radius 2 is 1.02 bits per heavy atom. The van der Waals surface area contributed by atoms with Crippen molar-refractivity contribution in [3.8, 4) is 11.4 Å². The highest BCUT2D eigenvalue weighted by molar-refractivity contribution is 6.29. The molecule has 5 heteroatoms. The monoisotopic (exact) mass is 629 g/mol. The van der Waals surface area contributed by atoms with Crippen LogP contribution in [0.2, 0.25) is 0 Å². The average molecular weight is 630 g/mol. The first-order chi connectivity index (χ1) is 24.2. The maximum Gasteiger partial charge on any atom is 0.138 e. The lowest BCUT2D eigenvalue weighted by atomic mass is 10.0. The topological polar surface area (TPSA) is 60.8 Å².